The zero-order valence-corrected chi connectivity index (χ0v) is 46.7. The van der Waals surface area contributed by atoms with Gasteiger partial charge in [-0.05, 0) is 0 Å². The number of hydrogen-bond donors (Lipinski definition) is 0. The summed E-state index contributed by atoms with van der Waals surface area (Å²) in [5.41, 5.74) is 0. The molecule has 40 valence electrons. The summed E-state index contributed by atoms with van der Waals surface area (Å²) in [7, 11) is 0. The summed E-state index contributed by atoms with van der Waals surface area (Å²) in [4.78, 5) is 0. The Morgan fingerprint density at radius 1 is 0.154 bits per heavy atom. The summed E-state index contributed by atoms with van der Waals surface area (Å²) in [6.45, 7) is 0. The molecule has 0 saturated heterocycles. The Morgan fingerprint density at radius 2 is 0.154 bits per heavy atom. The van der Waals surface area contributed by atoms with Gasteiger partial charge in [0.25, 0.3) is 0 Å². The van der Waals surface area contributed by atoms with Gasteiger partial charge < -0.3 is 0 Å². The van der Waals surface area contributed by atoms with Crippen LogP contribution in [0, 0.1) is 0 Å². The van der Waals surface area contributed by atoms with Crippen LogP contribution in [0.1, 0.15) is 0 Å². The van der Waals surface area contributed by atoms with Crippen molar-refractivity contribution in [3.63, 3.8) is 0 Å². The first kappa shape index (κ1) is 93.9. The molecule has 0 bridgehead atoms. The van der Waals surface area contributed by atoms with Gasteiger partial charge in [-0.3, -0.25) is 0 Å². The molecule has 0 aliphatic carbocycles. The maximum absolute atomic E-state index is 0. The van der Waals surface area contributed by atoms with Crippen LogP contribution in [0.3, 0.4) is 0 Å². The Labute approximate surface area is 405 Å². The quantitative estimate of drug-likeness (QED) is 0.214. The fourth-order valence-electron chi connectivity index (χ4n) is 0. The molecule has 40 radical (unpaired) electrons. The van der Waals surface area contributed by atoms with Crippen molar-refractivity contribution in [3.05, 3.63) is 0 Å². The molecule has 0 nitrogen and oxygen atoms in total. The zero-order valence-electron chi connectivity index (χ0n) is 8.50. The van der Waals surface area contributed by atoms with Crippen LogP contribution in [0.4, 0.5) is 0 Å². The van der Waals surface area contributed by atoms with Gasteiger partial charge in [-0.15, -0.1) is 0 Å². The van der Waals surface area contributed by atoms with E-state index < -0.39 is 0 Å². The normalized spacial score (nSPS) is 0. The molecular weight excluding hydrogens is 1220 g/mol. The molecule has 0 saturated carbocycles. The second-order valence-corrected chi connectivity index (χ2v) is 0. The molecule has 0 heterocycles. The summed E-state index contributed by atoms with van der Waals surface area (Å²) in [5.74, 6) is 0. The van der Waals surface area contributed by atoms with E-state index in [2.05, 4.69) is 0 Å². The van der Waals surface area contributed by atoms with Crippen molar-refractivity contribution in [2.45, 2.75) is 0 Å². The zero-order chi connectivity index (χ0) is 0. The molecule has 0 N–H and O–H groups in total. The van der Waals surface area contributed by atoms with Crippen LogP contribution < -0.4 is 0 Å². The van der Waals surface area contributed by atoms with Crippen LogP contribution in [0.2, 0.25) is 0 Å². The minimum Gasteiger partial charge on any atom is 0 e. The van der Waals surface area contributed by atoms with Crippen LogP contribution in [-0.4, -0.2) is 421 Å². The topological polar surface area (TPSA) is 0 Å². The van der Waals surface area contributed by atoms with E-state index in [1.165, 1.54) is 0 Å². The molecular formula is K4Sn9. The van der Waals surface area contributed by atoms with E-state index in [-0.39, 0.29) is 421 Å². The first-order valence-corrected chi connectivity index (χ1v) is 0. The number of rotatable bonds is 0. The van der Waals surface area contributed by atoms with E-state index in [1.807, 2.05) is 0 Å². The van der Waals surface area contributed by atoms with Crippen LogP contribution in [0.15, 0.2) is 0 Å². The first-order valence-electron chi connectivity index (χ1n) is 0. The summed E-state index contributed by atoms with van der Waals surface area (Å²) >= 11 is 0. The molecule has 0 fully saturated rings. The minimum atomic E-state index is 0. The van der Waals surface area contributed by atoms with Crippen molar-refractivity contribution in [1.82, 2.24) is 0 Å². The summed E-state index contributed by atoms with van der Waals surface area (Å²) in [6, 6.07) is 0. The summed E-state index contributed by atoms with van der Waals surface area (Å²) < 4.78 is 0. The Bertz CT molecular complexity index is 11.6. The third-order valence-corrected chi connectivity index (χ3v) is 0. The summed E-state index contributed by atoms with van der Waals surface area (Å²) in [6.07, 6.45) is 0. The van der Waals surface area contributed by atoms with E-state index in [0.29, 0.717) is 0 Å². The van der Waals surface area contributed by atoms with E-state index >= 15 is 0 Å². The van der Waals surface area contributed by atoms with Crippen molar-refractivity contribution in [2.75, 3.05) is 0 Å². The SMILES string of the molecule is [K].[K].[K].[K].[Sn].[Sn].[Sn].[Sn].[Sn].[Sn].[Sn].[Sn].[Sn]. The molecule has 0 aromatic heterocycles. The fraction of sp³-hybridized carbons (Fsp3) is 0. The predicted octanol–water partition coefficient (Wildman–Crippen LogP) is -4.95. The Kier molecular flexibility index (Phi) is 603. The van der Waals surface area contributed by atoms with Crippen LogP contribution in [0.25, 0.3) is 0 Å². The Hall–Kier alpha value is 13.7. The van der Waals surface area contributed by atoms with E-state index in [1.54, 1.807) is 0 Å². The Morgan fingerprint density at radius 3 is 0.154 bits per heavy atom. The molecule has 0 atom stereocenters. The van der Waals surface area contributed by atoms with Crippen molar-refractivity contribution >= 4 is 421 Å². The molecule has 0 spiro atoms. The summed E-state index contributed by atoms with van der Waals surface area (Å²) in [5, 5.41) is 0. The van der Waals surface area contributed by atoms with Gasteiger partial charge in [0.05, 0.1) is 0 Å². The van der Waals surface area contributed by atoms with Crippen LogP contribution >= 0.6 is 0 Å². The molecule has 0 aliphatic rings. The van der Waals surface area contributed by atoms with Crippen molar-refractivity contribution in [3.8, 4) is 0 Å². The average Bonchev–Trinajstić information content (AvgIpc) is 0. The van der Waals surface area contributed by atoms with Gasteiger partial charge in [0.2, 0.25) is 0 Å². The maximum Gasteiger partial charge on any atom is 0 e. The van der Waals surface area contributed by atoms with Gasteiger partial charge in [-0.25, -0.2) is 0 Å². The largest absolute Gasteiger partial charge is 0 e. The third kappa shape index (κ3) is 76.9. The smallest absolute Gasteiger partial charge is 0 e. The molecule has 0 aromatic rings. The predicted molar refractivity (Wildman–Crippen MR) is 74.8 cm³/mol. The van der Waals surface area contributed by atoms with Crippen molar-refractivity contribution in [2.24, 2.45) is 0 Å². The molecule has 13 heavy (non-hydrogen) atoms. The second-order valence-electron chi connectivity index (χ2n) is 0. The third-order valence-electron chi connectivity index (χ3n) is 0. The number of hydrogen-bond acceptors (Lipinski definition) is 0. The van der Waals surface area contributed by atoms with Gasteiger partial charge in [-0.1, -0.05) is 0 Å². The van der Waals surface area contributed by atoms with Crippen molar-refractivity contribution < 1.29 is 0 Å². The second kappa shape index (κ2) is 83.5. The Balaban J connectivity index is 0. The van der Waals surface area contributed by atoms with E-state index in [9.17, 15) is 0 Å². The molecule has 0 amide bonds. The fourth-order valence-corrected chi connectivity index (χ4v) is 0. The molecule has 0 aromatic carbocycles. The first-order chi connectivity index (χ1) is 0. The molecule has 13 heteroatoms. The average molecular weight is 1220 g/mol. The van der Waals surface area contributed by atoms with Gasteiger partial charge in [0.1, 0.15) is 0 Å². The van der Waals surface area contributed by atoms with E-state index in [4.69, 9.17) is 0 Å². The van der Waals surface area contributed by atoms with Gasteiger partial charge in [0, 0.05) is 421 Å². The molecule has 0 rings (SSSR count). The molecule has 0 aliphatic heterocycles. The van der Waals surface area contributed by atoms with Gasteiger partial charge in [0.15, 0.2) is 0 Å². The van der Waals surface area contributed by atoms with Crippen LogP contribution in [0.5, 0.6) is 0 Å². The van der Waals surface area contributed by atoms with E-state index in [0.717, 1.165) is 0 Å². The minimum absolute atomic E-state index is 0. The van der Waals surface area contributed by atoms with Gasteiger partial charge in [-0.2, -0.15) is 0 Å². The monoisotopic (exact) mass is 1230 g/mol. The standard InChI is InChI=1S/4K.9Sn. The van der Waals surface area contributed by atoms with Crippen molar-refractivity contribution in [1.29, 1.82) is 0 Å². The van der Waals surface area contributed by atoms with Crippen LogP contribution in [-0.2, 0) is 0 Å². The molecule has 0 unspecified atom stereocenters. The maximum atomic E-state index is 0. The van der Waals surface area contributed by atoms with Gasteiger partial charge >= 0.3 is 0 Å².